The third-order valence-corrected chi connectivity index (χ3v) is 3.03. The highest BCUT2D eigenvalue weighted by atomic mass is 127. The number of hydrogen-bond acceptors (Lipinski definition) is 3. The molecule has 5 nitrogen and oxygen atoms in total. The molecule has 0 radical (unpaired) electrons. The Balaban J connectivity index is 0.00000200. The number of rotatable bonds is 4. The predicted molar refractivity (Wildman–Crippen MR) is 91.2 cm³/mol. The van der Waals surface area contributed by atoms with E-state index in [0.717, 1.165) is 18.8 Å². The van der Waals surface area contributed by atoms with Crippen molar-refractivity contribution in [2.45, 2.75) is 0 Å². The Morgan fingerprint density at radius 2 is 1.95 bits per heavy atom. The van der Waals surface area contributed by atoms with Crippen molar-refractivity contribution in [3.05, 3.63) is 29.3 Å². The van der Waals surface area contributed by atoms with Crippen LogP contribution in [-0.4, -0.2) is 50.3 Å². The molecule has 1 saturated heterocycles. The van der Waals surface area contributed by atoms with Gasteiger partial charge in [0.15, 0.2) is 5.96 Å². The normalized spacial score (nSPS) is 15.7. The van der Waals surface area contributed by atoms with Gasteiger partial charge in [0, 0.05) is 18.1 Å². The number of nitrogens with two attached hydrogens (primary N) is 1. The zero-order valence-corrected chi connectivity index (χ0v) is 14.2. The van der Waals surface area contributed by atoms with Gasteiger partial charge in [0.2, 0.25) is 0 Å². The van der Waals surface area contributed by atoms with Crippen LogP contribution in [0.4, 0.5) is 0 Å². The number of morpholine rings is 1. The first-order valence-electron chi connectivity index (χ1n) is 6.27. The van der Waals surface area contributed by atoms with E-state index in [-0.39, 0.29) is 24.0 Å². The molecule has 0 amide bonds. The van der Waals surface area contributed by atoms with E-state index in [1.807, 2.05) is 17.0 Å². The van der Waals surface area contributed by atoms with Crippen LogP contribution in [0.1, 0.15) is 0 Å². The van der Waals surface area contributed by atoms with Crippen LogP contribution in [0.15, 0.2) is 29.3 Å². The van der Waals surface area contributed by atoms with Gasteiger partial charge in [-0.1, -0.05) is 11.6 Å². The summed E-state index contributed by atoms with van der Waals surface area (Å²) in [6, 6.07) is 7.25. The number of aliphatic imine (C=N–C) groups is 1. The van der Waals surface area contributed by atoms with Crippen LogP contribution in [0.25, 0.3) is 0 Å². The van der Waals surface area contributed by atoms with E-state index in [4.69, 9.17) is 26.8 Å². The molecule has 0 spiro atoms. The van der Waals surface area contributed by atoms with Gasteiger partial charge in [-0.15, -0.1) is 24.0 Å². The fraction of sp³-hybridized carbons (Fsp3) is 0.462. The number of benzene rings is 1. The Bertz CT molecular complexity index is 422. The molecule has 0 bridgehead atoms. The molecule has 1 aromatic carbocycles. The van der Waals surface area contributed by atoms with Crippen LogP contribution < -0.4 is 10.5 Å². The van der Waals surface area contributed by atoms with Gasteiger partial charge in [0.1, 0.15) is 12.4 Å². The maximum absolute atomic E-state index is 5.90. The van der Waals surface area contributed by atoms with Gasteiger partial charge in [-0.2, -0.15) is 0 Å². The quantitative estimate of drug-likeness (QED) is 0.356. The van der Waals surface area contributed by atoms with E-state index in [9.17, 15) is 0 Å². The van der Waals surface area contributed by atoms with E-state index >= 15 is 0 Å². The maximum atomic E-state index is 5.90. The third kappa shape index (κ3) is 5.72. The van der Waals surface area contributed by atoms with Crippen LogP contribution in [0.3, 0.4) is 0 Å². The van der Waals surface area contributed by atoms with Crippen molar-refractivity contribution >= 4 is 41.5 Å². The van der Waals surface area contributed by atoms with Crippen molar-refractivity contribution in [3.63, 3.8) is 0 Å². The van der Waals surface area contributed by atoms with Gasteiger partial charge in [-0.3, -0.25) is 0 Å². The predicted octanol–water partition coefficient (Wildman–Crippen LogP) is 1.98. The molecule has 112 valence electrons. The summed E-state index contributed by atoms with van der Waals surface area (Å²) >= 11 is 5.79. The van der Waals surface area contributed by atoms with E-state index in [1.165, 1.54) is 0 Å². The summed E-state index contributed by atoms with van der Waals surface area (Å²) in [4.78, 5) is 6.31. The minimum atomic E-state index is 0. The summed E-state index contributed by atoms with van der Waals surface area (Å²) in [7, 11) is 0. The SMILES string of the molecule is I.NC(=NCCOc1ccc(Cl)cc1)N1CCOCC1. The van der Waals surface area contributed by atoms with Crippen LogP contribution in [0, 0.1) is 0 Å². The fourth-order valence-corrected chi connectivity index (χ4v) is 1.87. The maximum Gasteiger partial charge on any atom is 0.191 e. The number of guanidine groups is 1. The van der Waals surface area contributed by atoms with Crippen molar-refractivity contribution in [1.29, 1.82) is 0 Å². The molecule has 20 heavy (non-hydrogen) atoms. The molecule has 1 aromatic rings. The van der Waals surface area contributed by atoms with Gasteiger partial charge in [0.05, 0.1) is 19.8 Å². The molecule has 0 unspecified atom stereocenters. The zero-order valence-electron chi connectivity index (χ0n) is 11.1. The highest BCUT2D eigenvalue weighted by molar-refractivity contribution is 14.0. The van der Waals surface area contributed by atoms with Gasteiger partial charge < -0.3 is 20.1 Å². The summed E-state index contributed by atoms with van der Waals surface area (Å²) in [6.07, 6.45) is 0. The van der Waals surface area contributed by atoms with E-state index in [0.29, 0.717) is 37.3 Å². The average molecular weight is 412 g/mol. The Morgan fingerprint density at radius 1 is 1.30 bits per heavy atom. The second kappa shape index (κ2) is 9.25. The number of ether oxygens (including phenoxy) is 2. The zero-order chi connectivity index (χ0) is 13.5. The largest absolute Gasteiger partial charge is 0.492 e. The second-order valence-corrected chi connectivity index (χ2v) is 4.58. The molecule has 1 aliphatic rings. The van der Waals surface area contributed by atoms with Crippen molar-refractivity contribution < 1.29 is 9.47 Å². The smallest absolute Gasteiger partial charge is 0.191 e. The van der Waals surface area contributed by atoms with E-state index in [1.54, 1.807) is 12.1 Å². The Morgan fingerprint density at radius 3 is 2.60 bits per heavy atom. The molecule has 2 rings (SSSR count). The summed E-state index contributed by atoms with van der Waals surface area (Å²) in [5.41, 5.74) is 5.90. The lowest BCUT2D eigenvalue weighted by atomic mass is 10.3. The first kappa shape index (κ1) is 17.3. The molecule has 2 N–H and O–H groups in total. The molecule has 0 atom stereocenters. The van der Waals surface area contributed by atoms with E-state index in [2.05, 4.69) is 4.99 Å². The Hall–Kier alpha value is -0.730. The summed E-state index contributed by atoms with van der Waals surface area (Å²) < 4.78 is 10.8. The standard InChI is InChI=1S/C13H18ClN3O2.HI/c14-11-1-3-12(4-2-11)19-8-5-16-13(15)17-6-9-18-10-7-17;/h1-4H,5-10H2,(H2,15,16);1H. The van der Waals surface area contributed by atoms with Gasteiger partial charge in [-0.25, -0.2) is 4.99 Å². The van der Waals surface area contributed by atoms with Gasteiger partial charge in [0.25, 0.3) is 0 Å². The molecule has 0 aliphatic carbocycles. The van der Waals surface area contributed by atoms with Crippen molar-refractivity contribution in [3.8, 4) is 5.75 Å². The molecule has 1 aliphatic heterocycles. The van der Waals surface area contributed by atoms with Crippen LogP contribution in [0.2, 0.25) is 5.02 Å². The average Bonchev–Trinajstić information content (AvgIpc) is 2.46. The highest BCUT2D eigenvalue weighted by Gasteiger charge is 2.11. The lowest BCUT2D eigenvalue weighted by Crippen LogP contribution is -2.45. The minimum absolute atomic E-state index is 0. The molecular formula is C13H19ClIN3O2. The number of hydrogen-bond donors (Lipinski definition) is 1. The van der Waals surface area contributed by atoms with Crippen LogP contribution >= 0.6 is 35.6 Å². The van der Waals surface area contributed by atoms with Gasteiger partial charge in [-0.05, 0) is 24.3 Å². The fourth-order valence-electron chi connectivity index (χ4n) is 1.75. The van der Waals surface area contributed by atoms with Crippen molar-refractivity contribution in [2.75, 3.05) is 39.5 Å². The molecule has 1 heterocycles. The summed E-state index contributed by atoms with van der Waals surface area (Å²) in [6.45, 7) is 4.04. The van der Waals surface area contributed by atoms with Crippen LogP contribution in [-0.2, 0) is 4.74 Å². The van der Waals surface area contributed by atoms with Crippen molar-refractivity contribution in [1.82, 2.24) is 4.90 Å². The Labute approximate surface area is 141 Å². The summed E-state index contributed by atoms with van der Waals surface area (Å²) in [5, 5.41) is 0.696. The van der Waals surface area contributed by atoms with Crippen LogP contribution in [0.5, 0.6) is 5.75 Å². The second-order valence-electron chi connectivity index (χ2n) is 4.14. The third-order valence-electron chi connectivity index (χ3n) is 2.78. The molecule has 0 saturated carbocycles. The first-order valence-corrected chi connectivity index (χ1v) is 6.64. The summed E-state index contributed by atoms with van der Waals surface area (Å²) in [5.74, 6) is 1.34. The number of halogens is 2. The minimum Gasteiger partial charge on any atom is -0.492 e. The van der Waals surface area contributed by atoms with Crippen molar-refractivity contribution in [2.24, 2.45) is 10.7 Å². The van der Waals surface area contributed by atoms with Gasteiger partial charge >= 0.3 is 0 Å². The molecule has 0 aromatic heterocycles. The van der Waals surface area contributed by atoms with E-state index < -0.39 is 0 Å². The Kier molecular flexibility index (Phi) is 8.01. The lowest BCUT2D eigenvalue weighted by molar-refractivity contribution is 0.0674. The highest BCUT2D eigenvalue weighted by Crippen LogP contribution is 2.15. The molecule has 1 fully saturated rings. The first-order chi connectivity index (χ1) is 9.25. The number of nitrogens with zero attached hydrogens (tertiary/aromatic N) is 2. The lowest BCUT2D eigenvalue weighted by Gasteiger charge is -2.27. The monoisotopic (exact) mass is 411 g/mol. The molecular weight excluding hydrogens is 393 g/mol. The molecule has 7 heteroatoms. The topological polar surface area (TPSA) is 60.1 Å².